The summed E-state index contributed by atoms with van der Waals surface area (Å²) in [6.45, 7) is 6.77. The van der Waals surface area contributed by atoms with Gasteiger partial charge in [-0.3, -0.25) is 0 Å². The number of benzene rings is 2. The molecular formula is C20H25NOSSi. The van der Waals surface area contributed by atoms with Gasteiger partial charge >= 0.3 is 0 Å². The van der Waals surface area contributed by atoms with Crippen LogP contribution in [0.2, 0.25) is 18.1 Å². The molecule has 126 valence electrons. The average Bonchev–Trinajstić information content (AvgIpc) is 2.64. The van der Waals surface area contributed by atoms with Crippen molar-refractivity contribution in [1.29, 1.82) is 0 Å². The largest absolute Gasteiger partial charge is 0.240 e. The Balaban J connectivity index is 2.35. The van der Waals surface area contributed by atoms with Crippen LogP contribution in [0.15, 0.2) is 68.4 Å². The third-order valence-electron chi connectivity index (χ3n) is 5.36. The monoisotopic (exact) mass is 355 g/mol. The number of hydrogen-bond acceptors (Lipinski definition) is 2. The van der Waals surface area contributed by atoms with Gasteiger partial charge in [-0.2, -0.15) is 4.36 Å². The second-order valence-corrected chi connectivity index (χ2v) is 14.1. The van der Waals surface area contributed by atoms with Crippen molar-refractivity contribution in [3.8, 4) is 0 Å². The maximum absolute atomic E-state index is 14.2. The van der Waals surface area contributed by atoms with Crippen molar-refractivity contribution in [3.05, 3.63) is 64.7 Å². The van der Waals surface area contributed by atoms with E-state index in [9.17, 15) is 4.21 Å². The molecule has 2 nitrogen and oxygen atoms in total. The molecule has 0 aromatic heterocycles. The van der Waals surface area contributed by atoms with Gasteiger partial charge in [-0.05, 0) is 24.3 Å². The third kappa shape index (κ3) is 2.68. The summed E-state index contributed by atoms with van der Waals surface area (Å²) in [4.78, 5) is 0.845. The summed E-state index contributed by atoms with van der Waals surface area (Å²) in [5.41, 5.74) is 1.95. The zero-order valence-electron chi connectivity index (χ0n) is 14.7. The molecule has 0 radical (unpaired) electrons. The molecule has 0 aliphatic carbocycles. The minimum absolute atomic E-state index is 0.845. The first-order chi connectivity index (χ1) is 11.6. The van der Waals surface area contributed by atoms with Crippen molar-refractivity contribution < 1.29 is 4.21 Å². The van der Waals surface area contributed by atoms with E-state index in [2.05, 4.69) is 32.9 Å². The Kier molecular flexibility index (Phi) is 4.79. The lowest BCUT2D eigenvalue weighted by atomic mass is 10.2. The lowest BCUT2D eigenvalue weighted by molar-refractivity contribution is 0.681. The van der Waals surface area contributed by atoms with Gasteiger partial charge in [-0.25, -0.2) is 4.21 Å². The fourth-order valence-corrected chi connectivity index (χ4v) is 12.5. The van der Waals surface area contributed by atoms with Gasteiger partial charge in [0, 0.05) is 10.1 Å². The fraction of sp³-hybridized carbons (Fsp3) is 0.300. The summed E-state index contributed by atoms with van der Waals surface area (Å²) in [6, 6.07) is 21.2. The molecule has 2 aromatic carbocycles. The van der Waals surface area contributed by atoms with Crippen LogP contribution in [0, 0.1) is 0 Å². The van der Waals surface area contributed by atoms with Crippen molar-refractivity contribution in [3.63, 3.8) is 0 Å². The predicted molar refractivity (Wildman–Crippen MR) is 107 cm³/mol. The third-order valence-corrected chi connectivity index (χ3v) is 14.8. The highest BCUT2D eigenvalue weighted by Crippen LogP contribution is 2.43. The van der Waals surface area contributed by atoms with Gasteiger partial charge in [0.25, 0.3) is 0 Å². The van der Waals surface area contributed by atoms with E-state index in [1.807, 2.05) is 48.5 Å². The molecule has 1 aliphatic heterocycles. The molecule has 0 saturated carbocycles. The zero-order valence-corrected chi connectivity index (χ0v) is 16.5. The van der Waals surface area contributed by atoms with Gasteiger partial charge < -0.3 is 0 Å². The number of nitrogens with zero attached hydrogens (tertiary/aromatic N) is 1. The molecule has 1 unspecified atom stereocenters. The van der Waals surface area contributed by atoms with Crippen LogP contribution in [0.4, 0.5) is 5.69 Å². The Bertz CT molecular complexity index is 867. The van der Waals surface area contributed by atoms with E-state index in [1.165, 1.54) is 0 Å². The lowest BCUT2D eigenvalue weighted by Crippen LogP contribution is -2.38. The second-order valence-electron chi connectivity index (χ2n) is 6.34. The first kappa shape index (κ1) is 17.2. The molecule has 3 rings (SSSR count). The summed E-state index contributed by atoms with van der Waals surface area (Å²) in [5.74, 6) is 0. The molecule has 0 saturated heterocycles. The van der Waals surface area contributed by atoms with Crippen molar-refractivity contribution in [2.24, 2.45) is 4.36 Å². The van der Waals surface area contributed by atoms with E-state index in [-0.39, 0.29) is 0 Å². The van der Waals surface area contributed by atoms with Gasteiger partial charge in [0.05, 0.1) is 18.7 Å². The molecule has 2 aromatic rings. The molecular weight excluding hydrogens is 330 g/mol. The minimum Gasteiger partial charge on any atom is -0.240 e. The van der Waals surface area contributed by atoms with Gasteiger partial charge in [0.1, 0.15) is 9.73 Å². The maximum atomic E-state index is 14.2. The highest BCUT2D eigenvalue weighted by Gasteiger charge is 2.40. The Labute approximate surface area is 146 Å². The summed E-state index contributed by atoms with van der Waals surface area (Å²) < 4.78 is 20.2. The van der Waals surface area contributed by atoms with Crippen molar-refractivity contribution in [2.75, 3.05) is 0 Å². The minimum atomic E-state index is -2.57. The van der Waals surface area contributed by atoms with Gasteiger partial charge in [-0.1, -0.05) is 75.3 Å². The first-order valence-corrected chi connectivity index (χ1v) is 12.9. The summed E-state index contributed by atoms with van der Waals surface area (Å²) in [7, 11) is -4.38. The number of fused-ring (bicyclic) bond motifs is 1. The first-order valence-electron chi connectivity index (χ1n) is 8.73. The van der Waals surface area contributed by atoms with Crippen LogP contribution in [0.5, 0.6) is 0 Å². The van der Waals surface area contributed by atoms with Crippen LogP contribution in [-0.2, 0) is 9.73 Å². The van der Waals surface area contributed by atoms with Crippen LogP contribution in [0.3, 0.4) is 0 Å². The predicted octanol–water partition coefficient (Wildman–Crippen LogP) is 6.25. The smallest absolute Gasteiger partial charge is 0.101 e. The van der Waals surface area contributed by atoms with E-state index in [0.717, 1.165) is 38.8 Å². The van der Waals surface area contributed by atoms with E-state index < -0.39 is 17.8 Å². The number of hydrogen-bond donors (Lipinski definition) is 0. The molecule has 1 heterocycles. The average molecular weight is 356 g/mol. The van der Waals surface area contributed by atoms with Gasteiger partial charge in [-0.15, -0.1) is 0 Å². The van der Waals surface area contributed by atoms with Crippen molar-refractivity contribution in [2.45, 2.75) is 43.8 Å². The summed E-state index contributed by atoms with van der Waals surface area (Å²) in [6.07, 6.45) is 2.21. The zero-order chi connectivity index (χ0) is 17.2. The standard InChI is InChI=1S/C20H25NOSSi/c1-4-24(5-2,6-3)20-16-17-12-10-11-15-19(17)21-23(20,22)18-13-8-7-9-14-18/h7-16H,4-6H2,1-3H3. The highest BCUT2D eigenvalue weighted by atomic mass is 32.2. The van der Waals surface area contributed by atoms with E-state index >= 15 is 0 Å². The van der Waals surface area contributed by atoms with Gasteiger partial charge in [0.15, 0.2) is 0 Å². The van der Waals surface area contributed by atoms with E-state index in [0.29, 0.717) is 0 Å². The molecule has 0 N–H and O–H groups in total. The van der Waals surface area contributed by atoms with Gasteiger partial charge in [0.2, 0.25) is 0 Å². The van der Waals surface area contributed by atoms with Crippen molar-refractivity contribution in [1.82, 2.24) is 0 Å². The molecule has 0 bridgehead atoms. The molecule has 1 aliphatic rings. The Morgan fingerprint density at radius 1 is 0.875 bits per heavy atom. The molecule has 0 fully saturated rings. The van der Waals surface area contributed by atoms with Crippen LogP contribution in [0.25, 0.3) is 6.08 Å². The van der Waals surface area contributed by atoms with Crippen LogP contribution >= 0.6 is 0 Å². The molecule has 4 heteroatoms. The van der Waals surface area contributed by atoms with Crippen molar-refractivity contribution >= 4 is 29.6 Å². The Hall–Kier alpha value is -1.65. The molecule has 24 heavy (non-hydrogen) atoms. The highest BCUT2D eigenvalue weighted by molar-refractivity contribution is 8.00. The number of rotatable bonds is 5. The lowest BCUT2D eigenvalue weighted by Gasteiger charge is -2.34. The van der Waals surface area contributed by atoms with Crippen LogP contribution < -0.4 is 0 Å². The summed E-state index contributed by atoms with van der Waals surface area (Å²) >= 11 is 0. The summed E-state index contributed by atoms with van der Waals surface area (Å²) in [5, 5.41) is 0. The van der Waals surface area contributed by atoms with E-state index in [1.54, 1.807) is 0 Å². The van der Waals surface area contributed by atoms with E-state index in [4.69, 9.17) is 4.36 Å². The van der Waals surface area contributed by atoms with Crippen LogP contribution in [0.1, 0.15) is 26.3 Å². The maximum Gasteiger partial charge on any atom is 0.101 e. The normalized spacial score (nSPS) is 20.0. The molecule has 1 atom stereocenters. The topological polar surface area (TPSA) is 29.4 Å². The Morgan fingerprint density at radius 3 is 2.08 bits per heavy atom. The Morgan fingerprint density at radius 2 is 1.46 bits per heavy atom. The SMILES string of the molecule is CC[Si](CC)(CC)C1=Cc2ccccc2N=S1(=O)c1ccccc1. The fourth-order valence-electron chi connectivity index (χ4n) is 3.61. The molecule has 0 spiro atoms. The quantitative estimate of drug-likeness (QED) is 0.583. The second kappa shape index (κ2) is 6.69. The van der Waals surface area contributed by atoms with Crippen LogP contribution in [-0.4, -0.2) is 12.3 Å². The molecule has 0 amide bonds.